The molecule has 1 fully saturated rings. The normalized spacial score (nSPS) is 16.3. The molecule has 3 heterocycles. The molecule has 4 rings (SSSR count). The third kappa shape index (κ3) is 4.99. The molecule has 1 saturated heterocycles. The highest BCUT2D eigenvalue weighted by Gasteiger charge is 2.29. The molecular weight excluding hydrogens is 434 g/mol. The number of esters is 1. The number of carbonyl (C=O) groups excluding carboxylic acids is 2. The highest BCUT2D eigenvalue weighted by Crippen LogP contribution is 2.30. The van der Waals surface area contributed by atoms with Gasteiger partial charge in [0.2, 0.25) is 5.91 Å². The summed E-state index contributed by atoms with van der Waals surface area (Å²) in [5.74, 6) is -0.442. The minimum absolute atomic E-state index is 0.000860. The molecule has 1 aliphatic rings. The van der Waals surface area contributed by atoms with E-state index in [9.17, 15) is 9.59 Å². The molecule has 31 heavy (non-hydrogen) atoms. The lowest BCUT2D eigenvalue weighted by Crippen LogP contribution is -2.44. The maximum atomic E-state index is 13.0. The third-order valence-electron chi connectivity index (χ3n) is 5.39. The molecule has 0 unspecified atom stereocenters. The predicted molar refractivity (Wildman–Crippen MR) is 122 cm³/mol. The van der Waals surface area contributed by atoms with Gasteiger partial charge in [-0.15, -0.1) is 11.3 Å². The number of rotatable bonds is 6. The lowest BCUT2D eigenvalue weighted by atomic mass is 9.98. The Morgan fingerprint density at radius 2 is 2.06 bits per heavy atom. The number of ether oxygens (including phenoxy) is 1. The summed E-state index contributed by atoms with van der Waals surface area (Å²) >= 11 is 7.52. The molecule has 1 aliphatic heterocycles. The fraction of sp³-hybridized carbons (Fsp3) is 0.348. The van der Waals surface area contributed by atoms with Gasteiger partial charge in [-0.2, -0.15) is 0 Å². The Hall–Kier alpha value is -2.64. The molecule has 3 aromatic rings. The Morgan fingerprint density at radius 3 is 2.84 bits per heavy atom. The second-order valence-corrected chi connectivity index (χ2v) is 8.79. The van der Waals surface area contributed by atoms with Crippen LogP contribution in [0.3, 0.4) is 0 Å². The monoisotopic (exact) mass is 457 g/mol. The molecule has 2 aromatic heterocycles. The van der Waals surface area contributed by atoms with Crippen molar-refractivity contribution in [3.8, 4) is 22.0 Å². The Morgan fingerprint density at radius 1 is 1.26 bits per heavy atom. The first-order valence-electron chi connectivity index (χ1n) is 10.4. The summed E-state index contributed by atoms with van der Waals surface area (Å²) in [6.07, 6.45) is 3.47. The van der Waals surface area contributed by atoms with Crippen molar-refractivity contribution in [3.63, 3.8) is 0 Å². The van der Waals surface area contributed by atoms with Crippen LogP contribution < -0.4 is 0 Å². The second kappa shape index (κ2) is 9.66. The first-order chi connectivity index (χ1) is 15.0. The predicted octanol–water partition coefficient (Wildman–Crippen LogP) is 4.73. The second-order valence-electron chi connectivity index (χ2n) is 7.50. The average Bonchev–Trinajstić information content (AvgIpc) is 3.44. The number of thiazole rings is 1. The van der Waals surface area contributed by atoms with Gasteiger partial charge < -0.3 is 14.2 Å². The summed E-state index contributed by atoms with van der Waals surface area (Å²) in [5.41, 5.74) is 2.78. The van der Waals surface area contributed by atoms with Crippen molar-refractivity contribution in [3.05, 3.63) is 53.0 Å². The molecule has 1 amide bonds. The highest BCUT2D eigenvalue weighted by atomic mass is 35.5. The van der Waals surface area contributed by atoms with Crippen LogP contribution in [0.4, 0.5) is 0 Å². The van der Waals surface area contributed by atoms with Gasteiger partial charge in [-0.25, -0.2) is 4.98 Å². The van der Waals surface area contributed by atoms with Crippen molar-refractivity contribution >= 4 is 34.8 Å². The van der Waals surface area contributed by atoms with Gasteiger partial charge in [-0.3, -0.25) is 9.59 Å². The van der Waals surface area contributed by atoms with Gasteiger partial charge in [0.15, 0.2) is 0 Å². The smallest absolute Gasteiger partial charge is 0.310 e. The number of carbonyl (C=O) groups is 2. The SMILES string of the molecule is CCOC(=O)[C@@H]1CCCN(C(=O)Cn2cccc2-c2nc(-c3ccc(Cl)cc3)cs2)C1. The van der Waals surface area contributed by atoms with Gasteiger partial charge in [-0.1, -0.05) is 23.7 Å². The Bertz CT molecular complexity index is 1060. The Kier molecular flexibility index (Phi) is 6.73. The molecule has 8 heteroatoms. The van der Waals surface area contributed by atoms with E-state index in [0.29, 0.717) is 24.7 Å². The summed E-state index contributed by atoms with van der Waals surface area (Å²) in [6.45, 7) is 3.47. The summed E-state index contributed by atoms with van der Waals surface area (Å²) in [4.78, 5) is 31.6. The van der Waals surface area contributed by atoms with E-state index in [1.165, 1.54) is 0 Å². The maximum absolute atomic E-state index is 13.0. The Labute approximate surface area is 190 Å². The number of halogens is 1. The summed E-state index contributed by atoms with van der Waals surface area (Å²) in [5, 5.41) is 3.55. The molecule has 1 atom stereocenters. The molecule has 1 aromatic carbocycles. The van der Waals surface area contributed by atoms with E-state index >= 15 is 0 Å². The first-order valence-corrected chi connectivity index (χ1v) is 11.6. The van der Waals surface area contributed by atoms with Crippen LogP contribution in [-0.2, 0) is 20.9 Å². The largest absolute Gasteiger partial charge is 0.466 e. The fourth-order valence-corrected chi connectivity index (χ4v) is 4.79. The first kappa shape index (κ1) is 21.6. The van der Waals surface area contributed by atoms with Crippen LogP contribution in [0.5, 0.6) is 0 Å². The Balaban J connectivity index is 1.46. The summed E-state index contributed by atoms with van der Waals surface area (Å²) in [7, 11) is 0. The lowest BCUT2D eigenvalue weighted by molar-refractivity contribution is -0.151. The molecule has 0 bridgehead atoms. The standard InChI is InChI=1S/C23H24ClN3O3S/c1-2-30-23(29)17-5-3-12-27(13-17)21(28)14-26-11-4-6-20(26)22-25-19(15-31-22)16-7-9-18(24)10-8-16/h4,6-11,15,17H,2-3,5,12-14H2,1H3/t17-/m1/s1. The maximum Gasteiger partial charge on any atom is 0.310 e. The zero-order valence-electron chi connectivity index (χ0n) is 17.3. The molecule has 0 saturated carbocycles. The van der Waals surface area contributed by atoms with Crippen LogP contribution in [0.1, 0.15) is 19.8 Å². The van der Waals surface area contributed by atoms with Crippen molar-refractivity contribution in [2.45, 2.75) is 26.3 Å². The van der Waals surface area contributed by atoms with Crippen LogP contribution >= 0.6 is 22.9 Å². The molecule has 0 aliphatic carbocycles. The van der Waals surface area contributed by atoms with Gasteiger partial charge in [-0.05, 0) is 44.0 Å². The van der Waals surface area contributed by atoms with Crippen molar-refractivity contribution in [1.29, 1.82) is 0 Å². The molecule has 0 N–H and O–H groups in total. The van der Waals surface area contributed by atoms with E-state index in [4.69, 9.17) is 21.3 Å². The quantitative estimate of drug-likeness (QED) is 0.502. The van der Waals surface area contributed by atoms with Crippen LogP contribution in [0.15, 0.2) is 48.0 Å². The molecule has 0 radical (unpaired) electrons. The number of nitrogens with zero attached hydrogens (tertiary/aromatic N) is 3. The molecule has 0 spiro atoms. The van der Waals surface area contributed by atoms with Gasteiger partial charge in [0, 0.05) is 35.3 Å². The van der Waals surface area contributed by atoms with Crippen LogP contribution in [0.2, 0.25) is 5.02 Å². The van der Waals surface area contributed by atoms with Crippen molar-refractivity contribution in [1.82, 2.24) is 14.5 Å². The molecule has 162 valence electrons. The number of aromatic nitrogens is 2. The molecule has 6 nitrogen and oxygen atoms in total. The number of benzene rings is 1. The average molecular weight is 458 g/mol. The van der Waals surface area contributed by atoms with E-state index in [2.05, 4.69) is 0 Å². The minimum atomic E-state index is -0.234. The van der Waals surface area contributed by atoms with Crippen LogP contribution in [-0.4, -0.2) is 46.0 Å². The van der Waals surface area contributed by atoms with E-state index in [-0.39, 0.29) is 24.3 Å². The van der Waals surface area contributed by atoms with E-state index < -0.39 is 0 Å². The van der Waals surface area contributed by atoms with E-state index in [1.54, 1.807) is 23.2 Å². The number of amides is 1. The zero-order chi connectivity index (χ0) is 21.8. The van der Waals surface area contributed by atoms with Gasteiger partial charge >= 0.3 is 5.97 Å². The van der Waals surface area contributed by atoms with Crippen molar-refractivity contribution < 1.29 is 14.3 Å². The van der Waals surface area contributed by atoms with Crippen molar-refractivity contribution in [2.24, 2.45) is 5.92 Å². The third-order valence-corrected chi connectivity index (χ3v) is 6.51. The van der Waals surface area contributed by atoms with E-state index in [1.807, 2.05) is 52.5 Å². The van der Waals surface area contributed by atoms with Gasteiger partial charge in [0.1, 0.15) is 11.6 Å². The number of hydrogen-bond donors (Lipinski definition) is 0. The van der Waals surface area contributed by atoms with Crippen LogP contribution in [0.25, 0.3) is 22.0 Å². The number of piperidine rings is 1. The number of hydrogen-bond acceptors (Lipinski definition) is 5. The minimum Gasteiger partial charge on any atom is -0.466 e. The summed E-state index contributed by atoms with van der Waals surface area (Å²) < 4.78 is 7.06. The lowest BCUT2D eigenvalue weighted by Gasteiger charge is -2.31. The van der Waals surface area contributed by atoms with Crippen LogP contribution in [0, 0.1) is 5.92 Å². The molecular formula is C23H24ClN3O3S. The zero-order valence-corrected chi connectivity index (χ0v) is 18.9. The van der Waals surface area contributed by atoms with E-state index in [0.717, 1.165) is 34.8 Å². The van der Waals surface area contributed by atoms with Crippen molar-refractivity contribution in [2.75, 3.05) is 19.7 Å². The highest BCUT2D eigenvalue weighted by molar-refractivity contribution is 7.13. The van der Waals surface area contributed by atoms with Gasteiger partial charge in [0.25, 0.3) is 0 Å². The van der Waals surface area contributed by atoms with Gasteiger partial charge in [0.05, 0.1) is 23.9 Å². The summed E-state index contributed by atoms with van der Waals surface area (Å²) in [6, 6.07) is 11.5. The fourth-order valence-electron chi connectivity index (χ4n) is 3.79. The number of likely N-dealkylation sites (tertiary alicyclic amines) is 1. The topological polar surface area (TPSA) is 64.4 Å².